The van der Waals surface area contributed by atoms with Gasteiger partial charge in [0.05, 0.1) is 0 Å². The molecule has 2 heterocycles. The van der Waals surface area contributed by atoms with Crippen molar-refractivity contribution in [1.29, 1.82) is 0 Å². The summed E-state index contributed by atoms with van der Waals surface area (Å²) in [7, 11) is 0. The molecular formula is C12H9ClF2N2. The molecule has 2 aromatic rings. The number of benzene rings is 1. The number of imidazole rings is 1. The zero-order valence-electron chi connectivity index (χ0n) is 8.83. The predicted octanol–water partition coefficient (Wildman–Crippen LogP) is 3.15. The van der Waals surface area contributed by atoms with Crippen LogP contribution >= 0.6 is 11.6 Å². The van der Waals surface area contributed by atoms with E-state index in [1.165, 1.54) is 0 Å². The highest BCUT2D eigenvalue weighted by atomic mass is 35.5. The van der Waals surface area contributed by atoms with Crippen molar-refractivity contribution in [2.24, 2.45) is 0 Å². The van der Waals surface area contributed by atoms with Crippen LogP contribution in [-0.2, 0) is 13.0 Å². The summed E-state index contributed by atoms with van der Waals surface area (Å²) >= 11 is 5.60. The normalized spacial score (nSPS) is 18.4. The summed E-state index contributed by atoms with van der Waals surface area (Å²) in [6.45, 7) is 0.560. The molecule has 1 aliphatic rings. The molecule has 0 unspecified atom stereocenters. The van der Waals surface area contributed by atoms with Crippen molar-refractivity contribution in [1.82, 2.24) is 9.55 Å². The fraction of sp³-hybridized carbons (Fsp3) is 0.250. The van der Waals surface area contributed by atoms with Crippen LogP contribution in [0.15, 0.2) is 24.5 Å². The van der Waals surface area contributed by atoms with Crippen LogP contribution in [0, 0.1) is 11.6 Å². The average Bonchev–Trinajstić information content (AvgIpc) is 2.75. The standard InChI is InChI=1S/C12H9ClF2N2/c13-8-4-9(14)12(10(15)5-8)7-3-11-16-1-2-17(11)6-7/h1-2,4-5,7H,3,6H2/t7-/m0/s1. The molecule has 17 heavy (non-hydrogen) atoms. The summed E-state index contributed by atoms with van der Waals surface area (Å²) in [5.74, 6) is -0.490. The molecule has 0 N–H and O–H groups in total. The van der Waals surface area contributed by atoms with Crippen LogP contribution in [0.4, 0.5) is 8.78 Å². The first kappa shape index (κ1) is 10.7. The summed E-state index contributed by atoms with van der Waals surface area (Å²) < 4.78 is 29.4. The summed E-state index contributed by atoms with van der Waals surface area (Å²) in [5, 5.41) is 0.0829. The van der Waals surface area contributed by atoms with Gasteiger partial charge < -0.3 is 4.57 Å². The van der Waals surface area contributed by atoms with Crippen LogP contribution in [0.5, 0.6) is 0 Å². The van der Waals surface area contributed by atoms with Crippen LogP contribution < -0.4 is 0 Å². The molecule has 1 aromatic heterocycles. The predicted molar refractivity (Wildman–Crippen MR) is 60.0 cm³/mol. The van der Waals surface area contributed by atoms with Gasteiger partial charge in [-0.15, -0.1) is 0 Å². The Hall–Kier alpha value is -1.42. The molecule has 88 valence electrons. The van der Waals surface area contributed by atoms with E-state index in [9.17, 15) is 8.78 Å². The third-order valence-electron chi connectivity index (χ3n) is 3.10. The Morgan fingerprint density at radius 2 is 2.00 bits per heavy atom. The van der Waals surface area contributed by atoms with Crippen molar-refractivity contribution in [2.75, 3.05) is 0 Å². The summed E-state index contributed by atoms with van der Waals surface area (Å²) in [5.41, 5.74) is 0.111. The lowest BCUT2D eigenvalue weighted by Crippen LogP contribution is -2.06. The largest absolute Gasteiger partial charge is 0.334 e. The lowest BCUT2D eigenvalue weighted by atomic mass is 9.96. The Labute approximate surface area is 102 Å². The van der Waals surface area contributed by atoms with E-state index in [1.54, 1.807) is 6.20 Å². The number of hydrogen-bond donors (Lipinski definition) is 0. The number of halogens is 3. The van der Waals surface area contributed by atoms with Gasteiger partial charge in [-0.3, -0.25) is 0 Å². The van der Waals surface area contributed by atoms with Crippen LogP contribution in [0.3, 0.4) is 0 Å². The maximum atomic E-state index is 13.7. The molecule has 0 fully saturated rings. The van der Waals surface area contributed by atoms with Crippen LogP contribution in [0.1, 0.15) is 17.3 Å². The van der Waals surface area contributed by atoms with Crippen LogP contribution in [0.25, 0.3) is 0 Å². The van der Waals surface area contributed by atoms with Gasteiger partial charge in [-0.1, -0.05) is 11.6 Å². The van der Waals surface area contributed by atoms with Crippen molar-refractivity contribution in [3.05, 3.63) is 52.6 Å². The van der Waals surface area contributed by atoms with Gasteiger partial charge in [0.2, 0.25) is 0 Å². The second-order valence-corrected chi connectivity index (χ2v) is 4.62. The lowest BCUT2D eigenvalue weighted by Gasteiger charge is -2.12. The van der Waals surface area contributed by atoms with Gasteiger partial charge in [-0.25, -0.2) is 13.8 Å². The zero-order chi connectivity index (χ0) is 12.0. The highest BCUT2D eigenvalue weighted by Crippen LogP contribution is 2.33. The fourth-order valence-electron chi connectivity index (χ4n) is 2.36. The van der Waals surface area contributed by atoms with Crippen LogP contribution in [0.2, 0.25) is 5.02 Å². The summed E-state index contributed by atoms with van der Waals surface area (Å²) in [4.78, 5) is 4.14. The Kier molecular flexibility index (Phi) is 2.40. The molecule has 5 heteroatoms. The minimum atomic E-state index is -0.578. The Morgan fingerprint density at radius 3 is 2.65 bits per heavy atom. The Bertz CT molecular complexity index is 536. The summed E-state index contributed by atoms with van der Waals surface area (Å²) in [6.07, 6.45) is 4.07. The molecule has 0 amide bonds. The first-order valence-corrected chi connectivity index (χ1v) is 5.67. The monoisotopic (exact) mass is 254 g/mol. The first-order valence-electron chi connectivity index (χ1n) is 5.29. The molecule has 0 spiro atoms. The van der Waals surface area contributed by atoms with Gasteiger partial charge in [-0.05, 0) is 12.1 Å². The van der Waals surface area contributed by atoms with E-state index in [2.05, 4.69) is 4.98 Å². The van der Waals surface area contributed by atoms with Gasteiger partial charge >= 0.3 is 0 Å². The molecule has 1 atom stereocenters. The quantitative estimate of drug-likeness (QED) is 0.764. The van der Waals surface area contributed by atoms with E-state index < -0.39 is 11.6 Å². The number of nitrogens with zero attached hydrogens (tertiary/aromatic N) is 2. The molecule has 0 radical (unpaired) electrons. The van der Waals surface area contributed by atoms with Crippen molar-refractivity contribution in [2.45, 2.75) is 18.9 Å². The number of aromatic nitrogens is 2. The third-order valence-corrected chi connectivity index (χ3v) is 3.32. The number of fused-ring (bicyclic) bond motifs is 1. The Morgan fingerprint density at radius 1 is 1.29 bits per heavy atom. The zero-order valence-corrected chi connectivity index (χ0v) is 9.59. The molecular weight excluding hydrogens is 246 g/mol. The van der Waals surface area contributed by atoms with Crippen molar-refractivity contribution < 1.29 is 8.78 Å². The van der Waals surface area contributed by atoms with E-state index in [-0.39, 0.29) is 16.5 Å². The van der Waals surface area contributed by atoms with Crippen LogP contribution in [-0.4, -0.2) is 9.55 Å². The fourth-order valence-corrected chi connectivity index (χ4v) is 2.55. The van der Waals surface area contributed by atoms with E-state index in [1.807, 2.05) is 10.8 Å². The van der Waals surface area contributed by atoms with Gasteiger partial charge in [0, 0.05) is 41.9 Å². The molecule has 0 bridgehead atoms. The minimum Gasteiger partial charge on any atom is -0.334 e. The average molecular weight is 255 g/mol. The van der Waals surface area contributed by atoms with Gasteiger partial charge in [0.15, 0.2) is 0 Å². The molecule has 0 saturated heterocycles. The highest BCUT2D eigenvalue weighted by Gasteiger charge is 2.28. The lowest BCUT2D eigenvalue weighted by molar-refractivity contribution is 0.514. The van der Waals surface area contributed by atoms with Crippen molar-refractivity contribution in [3.63, 3.8) is 0 Å². The van der Waals surface area contributed by atoms with E-state index in [4.69, 9.17) is 11.6 Å². The first-order chi connectivity index (χ1) is 8.15. The Balaban J connectivity index is 1.99. The molecule has 1 aliphatic heterocycles. The highest BCUT2D eigenvalue weighted by molar-refractivity contribution is 6.30. The molecule has 3 rings (SSSR count). The van der Waals surface area contributed by atoms with Gasteiger partial charge in [0.1, 0.15) is 17.5 Å². The topological polar surface area (TPSA) is 17.8 Å². The smallest absolute Gasteiger partial charge is 0.131 e. The summed E-state index contributed by atoms with van der Waals surface area (Å²) in [6, 6.07) is 2.31. The maximum Gasteiger partial charge on any atom is 0.131 e. The van der Waals surface area contributed by atoms with Crippen molar-refractivity contribution >= 4 is 11.6 Å². The van der Waals surface area contributed by atoms with Gasteiger partial charge in [0.25, 0.3) is 0 Å². The van der Waals surface area contributed by atoms with E-state index >= 15 is 0 Å². The molecule has 2 nitrogen and oxygen atoms in total. The maximum absolute atomic E-state index is 13.7. The number of rotatable bonds is 1. The SMILES string of the molecule is Fc1cc(Cl)cc(F)c1[C@H]1Cc2nccn2C1. The number of hydrogen-bond acceptors (Lipinski definition) is 1. The van der Waals surface area contributed by atoms with E-state index in [0.717, 1.165) is 18.0 Å². The second-order valence-electron chi connectivity index (χ2n) is 4.18. The van der Waals surface area contributed by atoms with E-state index in [0.29, 0.717) is 13.0 Å². The minimum absolute atomic E-state index is 0.0829. The molecule has 0 aliphatic carbocycles. The molecule has 0 saturated carbocycles. The second kappa shape index (κ2) is 3.81. The van der Waals surface area contributed by atoms with Crippen molar-refractivity contribution in [3.8, 4) is 0 Å². The third kappa shape index (κ3) is 1.72. The molecule has 1 aromatic carbocycles. The van der Waals surface area contributed by atoms with Gasteiger partial charge in [-0.2, -0.15) is 0 Å².